The summed E-state index contributed by atoms with van der Waals surface area (Å²) in [5.41, 5.74) is -0.730. The second-order valence-corrected chi connectivity index (χ2v) is 8.32. The molecule has 2 aromatic heterocycles. The van der Waals surface area contributed by atoms with Gasteiger partial charge in [0.25, 0.3) is 5.56 Å². The number of nitrogens with one attached hydrogen (secondary N) is 2. The van der Waals surface area contributed by atoms with Gasteiger partial charge >= 0.3 is 12.2 Å². The van der Waals surface area contributed by atoms with Crippen LogP contribution in [0.3, 0.4) is 0 Å². The van der Waals surface area contributed by atoms with Crippen molar-refractivity contribution in [2.24, 2.45) is 0 Å². The lowest BCUT2D eigenvalue weighted by molar-refractivity contribution is -0.137. The average molecular weight is 475 g/mol. The molecule has 0 bridgehead atoms. The van der Waals surface area contributed by atoms with Crippen LogP contribution in [0.25, 0.3) is 10.9 Å². The lowest BCUT2D eigenvalue weighted by Gasteiger charge is -2.21. The molecule has 3 heterocycles. The van der Waals surface area contributed by atoms with E-state index in [1.54, 1.807) is 25.8 Å². The molecule has 3 aromatic rings. The standard InChI is InChI=1S/C22H24F3N7O2/c1-5-15-10-31(4)21(34)32(15)20-28-12(3)27-19(30-20)26-11(2)16-9-13-8-14(22(23,24)25)6-7-17(13)29-18(16)33/h6-9,11,15H,5,10H2,1-4H3,(H,29,33)(H,26,27,28,30)/t11-,15-/m0/s1. The van der Waals surface area contributed by atoms with Crippen molar-refractivity contribution >= 4 is 28.8 Å². The highest BCUT2D eigenvalue weighted by Gasteiger charge is 2.37. The van der Waals surface area contributed by atoms with Gasteiger partial charge in [0, 0.05) is 24.7 Å². The van der Waals surface area contributed by atoms with Crippen LogP contribution in [-0.2, 0) is 6.18 Å². The Morgan fingerprint density at radius 2 is 1.94 bits per heavy atom. The van der Waals surface area contributed by atoms with Crippen LogP contribution >= 0.6 is 0 Å². The lowest BCUT2D eigenvalue weighted by atomic mass is 10.1. The summed E-state index contributed by atoms with van der Waals surface area (Å²) in [5.74, 6) is 0.723. The monoisotopic (exact) mass is 475 g/mol. The number of aromatic nitrogens is 4. The Bertz CT molecular complexity index is 1310. The van der Waals surface area contributed by atoms with Gasteiger partial charge < -0.3 is 15.2 Å². The maximum absolute atomic E-state index is 13.1. The van der Waals surface area contributed by atoms with Crippen molar-refractivity contribution in [1.82, 2.24) is 24.8 Å². The molecular formula is C22H24F3N7O2. The number of hydrogen-bond acceptors (Lipinski definition) is 6. The van der Waals surface area contributed by atoms with Gasteiger partial charge in [0.15, 0.2) is 0 Å². The second kappa shape index (κ2) is 8.58. The van der Waals surface area contributed by atoms with E-state index < -0.39 is 23.3 Å². The number of likely N-dealkylation sites (N-methyl/N-ethyl adjacent to an activating group) is 1. The van der Waals surface area contributed by atoms with E-state index in [4.69, 9.17) is 0 Å². The third-order valence-electron chi connectivity index (χ3n) is 5.82. The predicted octanol–water partition coefficient (Wildman–Crippen LogP) is 3.86. The highest BCUT2D eigenvalue weighted by Crippen LogP contribution is 2.31. The lowest BCUT2D eigenvalue weighted by Crippen LogP contribution is -2.36. The van der Waals surface area contributed by atoms with Gasteiger partial charge in [-0.2, -0.15) is 28.1 Å². The fraction of sp³-hybridized carbons (Fsp3) is 0.409. The maximum Gasteiger partial charge on any atom is 0.416 e. The molecular weight excluding hydrogens is 451 g/mol. The Hall–Kier alpha value is -3.70. The summed E-state index contributed by atoms with van der Waals surface area (Å²) in [4.78, 5) is 43.9. The first-order valence-electron chi connectivity index (χ1n) is 10.8. The number of carbonyl (C=O) groups is 1. The number of fused-ring (bicyclic) bond motifs is 1. The predicted molar refractivity (Wildman–Crippen MR) is 121 cm³/mol. The first kappa shape index (κ1) is 23.5. The molecule has 9 nitrogen and oxygen atoms in total. The number of urea groups is 1. The molecule has 2 amide bonds. The maximum atomic E-state index is 13.1. The Morgan fingerprint density at radius 3 is 2.62 bits per heavy atom. The zero-order valence-electron chi connectivity index (χ0n) is 19.1. The van der Waals surface area contributed by atoms with Crippen LogP contribution in [0.2, 0.25) is 0 Å². The van der Waals surface area contributed by atoms with Gasteiger partial charge in [-0.05, 0) is 49.9 Å². The molecule has 34 heavy (non-hydrogen) atoms. The number of pyridine rings is 1. The van der Waals surface area contributed by atoms with E-state index in [0.717, 1.165) is 12.1 Å². The van der Waals surface area contributed by atoms with Gasteiger partial charge in [-0.3, -0.25) is 9.69 Å². The SMILES string of the molecule is CC[C@H]1CN(C)C(=O)N1c1nc(C)nc(N[C@@H](C)c2cc3cc(C(F)(F)F)ccc3[nH]c2=O)n1. The summed E-state index contributed by atoms with van der Waals surface area (Å²) < 4.78 is 39.3. The number of rotatable bonds is 5. The average Bonchev–Trinajstić information content (AvgIpc) is 3.05. The molecule has 0 aliphatic carbocycles. The molecule has 1 saturated heterocycles. The molecule has 180 valence electrons. The Morgan fingerprint density at radius 1 is 1.21 bits per heavy atom. The number of amides is 2. The molecule has 1 aromatic carbocycles. The van der Waals surface area contributed by atoms with E-state index in [9.17, 15) is 22.8 Å². The number of carbonyl (C=O) groups excluding carboxylic acids is 1. The minimum Gasteiger partial charge on any atom is -0.347 e. The number of nitrogens with zero attached hydrogens (tertiary/aromatic N) is 5. The molecule has 4 rings (SSSR count). The number of H-pyrrole nitrogens is 1. The quantitative estimate of drug-likeness (QED) is 0.580. The van der Waals surface area contributed by atoms with Gasteiger partial charge in [-0.15, -0.1) is 0 Å². The van der Waals surface area contributed by atoms with Crippen molar-refractivity contribution in [2.75, 3.05) is 23.8 Å². The van der Waals surface area contributed by atoms with E-state index in [-0.39, 0.29) is 34.9 Å². The highest BCUT2D eigenvalue weighted by atomic mass is 19.4. The summed E-state index contributed by atoms with van der Waals surface area (Å²) >= 11 is 0. The van der Waals surface area contributed by atoms with Gasteiger partial charge in [0.2, 0.25) is 11.9 Å². The van der Waals surface area contributed by atoms with E-state index in [2.05, 4.69) is 25.3 Å². The van der Waals surface area contributed by atoms with Crippen molar-refractivity contribution in [3.8, 4) is 0 Å². The first-order chi connectivity index (χ1) is 16.0. The van der Waals surface area contributed by atoms with Crippen LogP contribution in [0.1, 0.15) is 43.3 Å². The van der Waals surface area contributed by atoms with Crippen molar-refractivity contribution in [3.63, 3.8) is 0 Å². The molecule has 0 unspecified atom stereocenters. The molecule has 1 aliphatic heterocycles. The first-order valence-corrected chi connectivity index (χ1v) is 10.8. The summed E-state index contributed by atoms with van der Waals surface area (Å²) in [7, 11) is 1.70. The Labute approximate surface area is 193 Å². The number of hydrogen-bond donors (Lipinski definition) is 2. The van der Waals surface area contributed by atoms with Crippen LogP contribution in [0.5, 0.6) is 0 Å². The molecule has 1 fully saturated rings. The van der Waals surface area contributed by atoms with E-state index in [1.807, 2.05) is 6.92 Å². The van der Waals surface area contributed by atoms with Crippen LogP contribution in [0, 0.1) is 6.92 Å². The summed E-state index contributed by atoms with van der Waals surface area (Å²) in [5, 5.41) is 3.27. The molecule has 0 spiro atoms. The molecule has 0 radical (unpaired) electrons. The fourth-order valence-electron chi connectivity index (χ4n) is 4.01. The zero-order valence-corrected chi connectivity index (χ0v) is 19.1. The molecule has 2 N–H and O–H groups in total. The van der Waals surface area contributed by atoms with Crippen molar-refractivity contribution in [2.45, 2.75) is 45.5 Å². The number of aromatic amines is 1. The number of halogens is 3. The molecule has 1 aliphatic rings. The number of benzene rings is 1. The second-order valence-electron chi connectivity index (χ2n) is 8.32. The normalized spacial score (nSPS) is 17.5. The Balaban J connectivity index is 1.66. The molecule has 12 heteroatoms. The molecule has 0 saturated carbocycles. The van der Waals surface area contributed by atoms with Crippen molar-refractivity contribution in [1.29, 1.82) is 0 Å². The fourth-order valence-corrected chi connectivity index (χ4v) is 4.01. The summed E-state index contributed by atoms with van der Waals surface area (Å²) in [6.07, 6.45) is -3.78. The smallest absolute Gasteiger partial charge is 0.347 e. The Kier molecular flexibility index (Phi) is 5.92. The van der Waals surface area contributed by atoms with Crippen LogP contribution in [0.15, 0.2) is 29.1 Å². The summed E-state index contributed by atoms with van der Waals surface area (Å²) in [6.45, 7) is 5.85. The molecule has 2 atom stereocenters. The van der Waals surface area contributed by atoms with Crippen LogP contribution in [-0.4, -0.2) is 50.5 Å². The largest absolute Gasteiger partial charge is 0.416 e. The van der Waals surface area contributed by atoms with E-state index >= 15 is 0 Å². The van der Waals surface area contributed by atoms with Crippen LogP contribution < -0.4 is 15.8 Å². The number of aryl methyl sites for hydroxylation is 1. The van der Waals surface area contributed by atoms with E-state index in [0.29, 0.717) is 24.3 Å². The third-order valence-corrected chi connectivity index (χ3v) is 5.82. The van der Waals surface area contributed by atoms with Gasteiger partial charge in [-0.1, -0.05) is 6.92 Å². The van der Waals surface area contributed by atoms with E-state index in [1.165, 1.54) is 17.0 Å². The van der Waals surface area contributed by atoms with Gasteiger partial charge in [0.05, 0.1) is 17.6 Å². The number of alkyl halides is 3. The minimum absolute atomic E-state index is 0.0873. The van der Waals surface area contributed by atoms with Crippen LogP contribution in [0.4, 0.5) is 29.9 Å². The van der Waals surface area contributed by atoms with Crippen molar-refractivity contribution in [3.05, 3.63) is 51.6 Å². The topological polar surface area (TPSA) is 107 Å². The minimum atomic E-state index is -4.50. The summed E-state index contributed by atoms with van der Waals surface area (Å²) in [6, 6.07) is 3.62. The highest BCUT2D eigenvalue weighted by molar-refractivity contribution is 5.93. The third kappa shape index (κ3) is 4.39. The zero-order chi connectivity index (χ0) is 24.8. The number of anilines is 2. The van der Waals surface area contributed by atoms with Crippen molar-refractivity contribution < 1.29 is 18.0 Å². The van der Waals surface area contributed by atoms with Gasteiger partial charge in [-0.25, -0.2) is 4.79 Å². The van der Waals surface area contributed by atoms with Gasteiger partial charge in [0.1, 0.15) is 5.82 Å².